The first-order chi connectivity index (χ1) is 9.13. The van der Waals surface area contributed by atoms with Crippen LogP contribution in [0.4, 0.5) is 5.69 Å². The molecule has 1 aromatic rings. The first-order valence-electron chi connectivity index (χ1n) is 7.32. The highest BCUT2D eigenvalue weighted by Crippen LogP contribution is 2.37. The molecule has 2 N–H and O–H groups in total. The van der Waals surface area contributed by atoms with E-state index in [1.807, 2.05) is 10.8 Å². The zero-order valence-corrected chi connectivity index (χ0v) is 11.5. The maximum Gasteiger partial charge on any atom is 0.355 e. The lowest BCUT2D eigenvalue weighted by Crippen LogP contribution is -2.25. The number of nitrogens with zero attached hydrogens (tertiary/aromatic N) is 1. The summed E-state index contributed by atoms with van der Waals surface area (Å²) in [4.78, 5) is 12.3. The fraction of sp³-hybridized carbons (Fsp3) is 0.667. The average Bonchev–Trinajstić information content (AvgIpc) is 3.12. The molecule has 0 bridgehead atoms. The van der Waals surface area contributed by atoms with Crippen molar-refractivity contribution in [3.05, 3.63) is 18.0 Å². The van der Waals surface area contributed by atoms with Gasteiger partial charge in [0.1, 0.15) is 11.8 Å². The highest BCUT2D eigenvalue weighted by atomic mass is 16.5. The molecule has 0 saturated heterocycles. The fourth-order valence-electron chi connectivity index (χ4n) is 3.02. The number of rotatable bonds is 3. The predicted molar refractivity (Wildman–Crippen MR) is 74.0 cm³/mol. The van der Waals surface area contributed by atoms with Gasteiger partial charge >= 0.3 is 5.97 Å². The number of esters is 1. The lowest BCUT2D eigenvalue weighted by atomic mass is 9.89. The molecule has 2 atom stereocenters. The molecule has 0 amide bonds. The van der Waals surface area contributed by atoms with Crippen LogP contribution in [0.5, 0.6) is 0 Å². The lowest BCUT2D eigenvalue weighted by molar-refractivity contribution is 0.0143. The summed E-state index contributed by atoms with van der Waals surface area (Å²) in [6.07, 6.45) is 8.60. The van der Waals surface area contributed by atoms with Gasteiger partial charge in [-0.25, -0.2) is 4.79 Å². The van der Waals surface area contributed by atoms with Crippen LogP contribution >= 0.6 is 0 Å². The molecular formula is C15H22N2O2. The van der Waals surface area contributed by atoms with Gasteiger partial charge in [0, 0.05) is 12.2 Å². The molecule has 2 aliphatic rings. The Kier molecular flexibility index (Phi) is 3.25. The molecule has 0 aromatic carbocycles. The molecule has 0 radical (unpaired) electrons. The van der Waals surface area contributed by atoms with Crippen LogP contribution in [0.2, 0.25) is 0 Å². The minimum absolute atomic E-state index is 0.0834. The highest BCUT2D eigenvalue weighted by molar-refractivity contribution is 5.89. The van der Waals surface area contributed by atoms with Crippen molar-refractivity contribution in [3.8, 4) is 0 Å². The second-order valence-corrected chi connectivity index (χ2v) is 6.10. The monoisotopic (exact) mass is 262 g/mol. The summed E-state index contributed by atoms with van der Waals surface area (Å²) in [5.41, 5.74) is 7.08. The summed E-state index contributed by atoms with van der Waals surface area (Å²) in [6.45, 7) is 2.23. The van der Waals surface area contributed by atoms with Crippen molar-refractivity contribution in [2.75, 3.05) is 5.73 Å². The molecule has 2 fully saturated rings. The number of hydrogen-bond acceptors (Lipinski definition) is 3. The molecule has 1 heterocycles. The van der Waals surface area contributed by atoms with Crippen LogP contribution in [0.25, 0.3) is 0 Å². The van der Waals surface area contributed by atoms with Gasteiger partial charge in [0.25, 0.3) is 0 Å². The van der Waals surface area contributed by atoms with Crippen molar-refractivity contribution >= 4 is 11.7 Å². The minimum atomic E-state index is -0.206. The van der Waals surface area contributed by atoms with E-state index in [0.717, 1.165) is 32.1 Å². The van der Waals surface area contributed by atoms with E-state index >= 15 is 0 Å². The summed E-state index contributed by atoms with van der Waals surface area (Å²) in [7, 11) is 0. The summed E-state index contributed by atoms with van der Waals surface area (Å²) >= 11 is 0. The summed E-state index contributed by atoms with van der Waals surface area (Å²) < 4.78 is 7.65. The topological polar surface area (TPSA) is 57.2 Å². The molecule has 4 nitrogen and oxygen atoms in total. The second-order valence-electron chi connectivity index (χ2n) is 6.10. The summed E-state index contributed by atoms with van der Waals surface area (Å²) in [6, 6.07) is 2.19. The quantitative estimate of drug-likeness (QED) is 0.851. The number of hydrogen-bond donors (Lipinski definition) is 1. The number of ether oxygens (including phenoxy) is 1. The van der Waals surface area contributed by atoms with E-state index in [2.05, 4.69) is 6.92 Å². The lowest BCUT2D eigenvalue weighted by Gasteiger charge is -2.26. The van der Waals surface area contributed by atoms with Gasteiger partial charge in [0.15, 0.2) is 0 Å². The summed E-state index contributed by atoms with van der Waals surface area (Å²) in [5.74, 6) is 0.453. The van der Waals surface area contributed by atoms with Crippen LogP contribution in [-0.4, -0.2) is 16.6 Å². The Morgan fingerprint density at radius 2 is 2.16 bits per heavy atom. The Hall–Kier alpha value is -1.45. The first-order valence-corrected chi connectivity index (χ1v) is 7.32. The number of nitrogen functional groups attached to an aromatic ring is 1. The largest absolute Gasteiger partial charge is 0.458 e. The third kappa shape index (κ3) is 2.77. The number of nitrogens with two attached hydrogens (primary N) is 1. The van der Waals surface area contributed by atoms with Gasteiger partial charge in [-0.2, -0.15) is 0 Å². The zero-order valence-electron chi connectivity index (χ0n) is 11.5. The van der Waals surface area contributed by atoms with E-state index in [4.69, 9.17) is 10.5 Å². The van der Waals surface area contributed by atoms with E-state index in [1.165, 1.54) is 6.42 Å². The van der Waals surface area contributed by atoms with Crippen molar-refractivity contribution in [1.82, 2.24) is 4.57 Å². The molecule has 2 saturated carbocycles. The Balaban J connectivity index is 1.69. The smallest absolute Gasteiger partial charge is 0.355 e. The van der Waals surface area contributed by atoms with Crippen LogP contribution in [-0.2, 0) is 4.74 Å². The van der Waals surface area contributed by atoms with Gasteiger partial charge in [-0.3, -0.25) is 0 Å². The Bertz CT molecular complexity index is 476. The fourth-order valence-corrected chi connectivity index (χ4v) is 3.02. The Morgan fingerprint density at radius 1 is 1.37 bits per heavy atom. The molecule has 2 unspecified atom stereocenters. The first kappa shape index (κ1) is 12.6. The molecule has 4 heteroatoms. The van der Waals surface area contributed by atoms with Crippen molar-refractivity contribution in [3.63, 3.8) is 0 Å². The van der Waals surface area contributed by atoms with Crippen molar-refractivity contribution in [2.45, 2.75) is 57.6 Å². The molecule has 2 aliphatic carbocycles. The van der Waals surface area contributed by atoms with Gasteiger partial charge in [-0.05, 0) is 44.1 Å². The van der Waals surface area contributed by atoms with Gasteiger partial charge in [-0.1, -0.05) is 13.3 Å². The van der Waals surface area contributed by atoms with Crippen molar-refractivity contribution in [2.24, 2.45) is 5.92 Å². The normalized spacial score (nSPS) is 27.2. The number of carbonyl (C=O) groups excluding carboxylic acids is 1. The highest BCUT2D eigenvalue weighted by Gasteiger charge is 2.30. The Labute approximate surface area is 113 Å². The van der Waals surface area contributed by atoms with Crippen LogP contribution in [0.15, 0.2) is 12.3 Å². The van der Waals surface area contributed by atoms with Crippen molar-refractivity contribution in [1.29, 1.82) is 0 Å². The predicted octanol–water partition coefficient (Wildman–Crippen LogP) is 3.14. The minimum Gasteiger partial charge on any atom is -0.458 e. The van der Waals surface area contributed by atoms with Gasteiger partial charge < -0.3 is 15.0 Å². The van der Waals surface area contributed by atoms with E-state index in [-0.39, 0.29) is 12.1 Å². The van der Waals surface area contributed by atoms with Crippen LogP contribution in [0.1, 0.15) is 62.0 Å². The SMILES string of the molecule is CC1CCCC(OC(=O)c2cc(N)cn2C2CC2)C1. The van der Waals surface area contributed by atoms with Crippen LogP contribution in [0, 0.1) is 5.92 Å². The maximum absolute atomic E-state index is 12.3. The Morgan fingerprint density at radius 3 is 2.84 bits per heavy atom. The van der Waals surface area contributed by atoms with Gasteiger partial charge in [0.05, 0.1) is 5.69 Å². The average molecular weight is 262 g/mol. The number of anilines is 1. The van der Waals surface area contributed by atoms with Crippen molar-refractivity contribution < 1.29 is 9.53 Å². The number of aromatic nitrogens is 1. The molecule has 1 aromatic heterocycles. The zero-order chi connectivity index (χ0) is 13.4. The third-order valence-corrected chi connectivity index (χ3v) is 4.18. The molecule has 19 heavy (non-hydrogen) atoms. The van der Waals surface area contributed by atoms with Gasteiger partial charge in [0.2, 0.25) is 0 Å². The van der Waals surface area contributed by atoms with E-state index < -0.39 is 0 Å². The third-order valence-electron chi connectivity index (χ3n) is 4.18. The van der Waals surface area contributed by atoms with Crippen LogP contribution < -0.4 is 5.73 Å². The van der Waals surface area contributed by atoms with E-state index in [0.29, 0.717) is 23.3 Å². The molecule has 0 spiro atoms. The standard InChI is InChI=1S/C15H22N2O2/c1-10-3-2-4-13(7-10)19-15(18)14-8-11(16)9-17(14)12-5-6-12/h8-10,12-13H,2-7,16H2,1H3. The molecular weight excluding hydrogens is 240 g/mol. The number of carbonyl (C=O) groups is 1. The maximum atomic E-state index is 12.3. The molecule has 3 rings (SSSR count). The van der Waals surface area contributed by atoms with Gasteiger partial charge in [-0.15, -0.1) is 0 Å². The molecule has 104 valence electrons. The molecule has 0 aliphatic heterocycles. The summed E-state index contributed by atoms with van der Waals surface area (Å²) in [5, 5.41) is 0. The second kappa shape index (κ2) is 4.91. The van der Waals surface area contributed by atoms with E-state index in [9.17, 15) is 4.79 Å². The van der Waals surface area contributed by atoms with E-state index in [1.54, 1.807) is 6.07 Å². The van der Waals surface area contributed by atoms with Crippen LogP contribution in [0.3, 0.4) is 0 Å².